The molecule has 2 heterocycles. The maximum absolute atomic E-state index is 12.2. The average Bonchev–Trinajstić information content (AvgIpc) is 3.34. The number of nitrogens with zero attached hydrogens (tertiary/aromatic N) is 4. The predicted octanol–water partition coefficient (Wildman–Crippen LogP) is 3.79. The number of amides is 1. The molecule has 6 nitrogen and oxygen atoms in total. The highest BCUT2D eigenvalue weighted by atomic mass is 127. The maximum Gasteiger partial charge on any atom is 0.243 e. The molecule has 1 N–H and O–H groups in total. The van der Waals surface area contributed by atoms with Crippen LogP contribution in [0.2, 0.25) is 0 Å². The molecule has 1 amide bonds. The molecule has 1 unspecified atom stereocenters. The minimum Gasteiger partial charge on any atom is -0.353 e. The van der Waals surface area contributed by atoms with E-state index in [0.717, 1.165) is 57.9 Å². The van der Waals surface area contributed by atoms with Crippen LogP contribution < -0.4 is 5.32 Å². The second kappa shape index (κ2) is 13.1. The summed E-state index contributed by atoms with van der Waals surface area (Å²) in [6.07, 6.45) is 3.29. The van der Waals surface area contributed by atoms with Gasteiger partial charge in [0.15, 0.2) is 5.96 Å². The van der Waals surface area contributed by atoms with Crippen molar-refractivity contribution in [2.24, 2.45) is 4.99 Å². The summed E-state index contributed by atoms with van der Waals surface area (Å²) in [5.74, 6) is 1.44. The van der Waals surface area contributed by atoms with E-state index in [1.807, 2.05) is 0 Å². The van der Waals surface area contributed by atoms with Crippen molar-refractivity contribution < 1.29 is 4.79 Å². The molecule has 4 rings (SSSR count). The van der Waals surface area contributed by atoms with Crippen molar-refractivity contribution in [2.75, 3.05) is 46.8 Å². The minimum atomic E-state index is 0. The molecule has 184 valence electrons. The van der Waals surface area contributed by atoms with Gasteiger partial charge in [-0.2, -0.15) is 0 Å². The summed E-state index contributed by atoms with van der Waals surface area (Å²) in [6.45, 7) is 5.25. The van der Waals surface area contributed by atoms with E-state index in [1.165, 1.54) is 11.1 Å². The molecule has 2 fully saturated rings. The van der Waals surface area contributed by atoms with Gasteiger partial charge in [-0.15, -0.1) is 24.0 Å². The van der Waals surface area contributed by atoms with Crippen molar-refractivity contribution in [2.45, 2.75) is 37.8 Å². The molecule has 2 aromatic rings. The van der Waals surface area contributed by atoms with E-state index in [1.54, 1.807) is 19.0 Å². The second-order valence-electron chi connectivity index (χ2n) is 9.45. The van der Waals surface area contributed by atoms with Crippen molar-refractivity contribution in [3.8, 4) is 0 Å². The molecule has 0 radical (unpaired) electrons. The molecule has 2 aliphatic heterocycles. The molecule has 1 atom stereocenters. The summed E-state index contributed by atoms with van der Waals surface area (Å²) >= 11 is 0. The number of guanidine groups is 1. The molecular formula is C27H38IN5O. The number of carbonyl (C=O) groups excluding carboxylic acids is 1. The van der Waals surface area contributed by atoms with Crippen LogP contribution >= 0.6 is 24.0 Å². The van der Waals surface area contributed by atoms with Crippen LogP contribution in [0.4, 0.5) is 0 Å². The van der Waals surface area contributed by atoms with Gasteiger partial charge >= 0.3 is 0 Å². The Kier molecular flexibility index (Phi) is 10.2. The largest absolute Gasteiger partial charge is 0.353 e. The molecule has 34 heavy (non-hydrogen) atoms. The number of benzene rings is 2. The van der Waals surface area contributed by atoms with Gasteiger partial charge in [-0.3, -0.25) is 9.69 Å². The third-order valence-corrected chi connectivity index (χ3v) is 6.79. The lowest BCUT2D eigenvalue weighted by Crippen LogP contribution is -2.49. The first-order valence-corrected chi connectivity index (χ1v) is 12.2. The number of carbonyl (C=O) groups is 1. The SMILES string of the molecule is CN(C)C(=O)CN=C(NC1CCN(Cc2ccccc2)CC1)N1CCC(c2ccccc2)C1.I. The van der Waals surface area contributed by atoms with E-state index >= 15 is 0 Å². The van der Waals surface area contributed by atoms with E-state index in [9.17, 15) is 4.79 Å². The number of hydrogen-bond acceptors (Lipinski definition) is 3. The fourth-order valence-corrected chi connectivity index (χ4v) is 4.73. The average molecular weight is 576 g/mol. The van der Waals surface area contributed by atoms with Crippen LogP contribution in [0, 0.1) is 0 Å². The fraction of sp³-hybridized carbons (Fsp3) is 0.481. The normalized spacial score (nSPS) is 19.5. The smallest absolute Gasteiger partial charge is 0.243 e. The molecular weight excluding hydrogens is 537 g/mol. The van der Waals surface area contributed by atoms with Gasteiger partial charge in [-0.05, 0) is 30.4 Å². The summed E-state index contributed by atoms with van der Waals surface area (Å²) in [7, 11) is 3.57. The van der Waals surface area contributed by atoms with Crippen LogP contribution in [-0.2, 0) is 11.3 Å². The number of likely N-dealkylation sites (N-methyl/N-ethyl adjacent to an activating group) is 1. The summed E-state index contributed by atoms with van der Waals surface area (Å²) in [5, 5.41) is 3.73. The zero-order valence-electron chi connectivity index (χ0n) is 20.4. The van der Waals surface area contributed by atoms with Gasteiger partial charge in [0, 0.05) is 58.8 Å². The molecule has 7 heteroatoms. The van der Waals surface area contributed by atoms with Gasteiger partial charge in [0.1, 0.15) is 6.54 Å². The Balaban J connectivity index is 0.00000324. The van der Waals surface area contributed by atoms with E-state index in [4.69, 9.17) is 4.99 Å². The molecule has 2 saturated heterocycles. The molecule has 0 spiro atoms. The van der Waals surface area contributed by atoms with Crippen molar-refractivity contribution in [1.82, 2.24) is 20.0 Å². The second-order valence-corrected chi connectivity index (χ2v) is 9.45. The van der Waals surface area contributed by atoms with Crippen molar-refractivity contribution >= 4 is 35.8 Å². The van der Waals surface area contributed by atoms with Crippen molar-refractivity contribution in [3.05, 3.63) is 71.8 Å². The molecule has 0 bridgehead atoms. The molecule has 0 aliphatic carbocycles. The van der Waals surface area contributed by atoms with Crippen LogP contribution in [0.5, 0.6) is 0 Å². The zero-order chi connectivity index (χ0) is 23.0. The Hall–Kier alpha value is -2.13. The summed E-state index contributed by atoms with van der Waals surface area (Å²) in [4.78, 5) is 23.5. The van der Waals surface area contributed by atoms with E-state index in [-0.39, 0.29) is 36.4 Å². The Morgan fingerprint density at radius 3 is 2.26 bits per heavy atom. The highest BCUT2D eigenvalue weighted by Crippen LogP contribution is 2.27. The first kappa shape index (κ1) is 26.5. The Labute approximate surface area is 221 Å². The van der Waals surface area contributed by atoms with Gasteiger partial charge in [0.2, 0.25) is 5.91 Å². The number of rotatable bonds is 6. The topological polar surface area (TPSA) is 51.2 Å². The maximum atomic E-state index is 12.2. The highest BCUT2D eigenvalue weighted by Gasteiger charge is 2.28. The van der Waals surface area contributed by atoms with Crippen LogP contribution in [0.25, 0.3) is 0 Å². The first-order chi connectivity index (χ1) is 16.1. The quantitative estimate of drug-likeness (QED) is 0.324. The molecule has 2 aromatic carbocycles. The summed E-state index contributed by atoms with van der Waals surface area (Å²) in [6, 6.07) is 21.8. The van der Waals surface area contributed by atoms with Crippen LogP contribution in [0.15, 0.2) is 65.7 Å². The number of halogens is 1. The molecule has 0 aromatic heterocycles. The monoisotopic (exact) mass is 575 g/mol. The third-order valence-electron chi connectivity index (χ3n) is 6.79. The van der Waals surface area contributed by atoms with Gasteiger partial charge in [0.25, 0.3) is 0 Å². The minimum absolute atomic E-state index is 0. The predicted molar refractivity (Wildman–Crippen MR) is 150 cm³/mol. The number of aliphatic imine (C=N–C) groups is 1. The summed E-state index contributed by atoms with van der Waals surface area (Å²) < 4.78 is 0. The van der Waals surface area contributed by atoms with Crippen molar-refractivity contribution in [1.29, 1.82) is 0 Å². The van der Waals surface area contributed by atoms with Crippen LogP contribution in [0.1, 0.15) is 36.3 Å². The Bertz CT molecular complexity index is 913. The number of hydrogen-bond donors (Lipinski definition) is 1. The number of likely N-dealkylation sites (tertiary alicyclic amines) is 2. The van der Waals surface area contributed by atoms with Gasteiger partial charge in [-0.1, -0.05) is 60.7 Å². The molecule has 0 saturated carbocycles. The van der Waals surface area contributed by atoms with Crippen molar-refractivity contribution in [3.63, 3.8) is 0 Å². The lowest BCUT2D eigenvalue weighted by atomic mass is 9.99. The summed E-state index contributed by atoms with van der Waals surface area (Å²) in [5.41, 5.74) is 2.76. The van der Waals surface area contributed by atoms with Gasteiger partial charge in [-0.25, -0.2) is 4.99 Å². The third kappa shape index (κ3) is 7.43. The number of piperidine rings is 1. The fourth-order valence-electron chi connectivity index (χ4n) is 4.73. The molecule has 2 aliphatic rings. The Morgan fingerprint density at radius 1 is 0.971 bits per heavy atom. The van der Waals surface area contributed by atoms with E-state index < -0.39 is 0 Å². The van der Waals surface area contributed by atoms with Gasteiger partial charge in [0.05, 0.1) is 0 Å². The van der Waals surface area contributed by atoms with E-state index in [2.05, 4.69) is 75.8 Å². The van der Waals surface area contributed by atoms with Crippen LogP contribution in [0.3, 0.4) is 0 Å². The lowest BCUT2D eigenvalue weighted by molar-refractivity contribution is -0.127. The highest BCUT2D eigenvalue weighted by molar-refractivity contribution is 14.0. The first-order valence-electron chi connectivity index (χ1n) is 12.2. The Morgan fingerprint density at radius 2 is 1.62 bits per heavy atom. The van der Waals surface area contributed by atoms with Gasteiger partial charge < -0.3 is 15.1 Å². The zero-order valence-corrected chi connectivity index (χ0v) is 22.7. The van der Waals surface area contributed by atoms with Crippen LogP contribution in [-0.4, -0.2) is 79.4 Å². The number of nitrogens with one attached hydrogen (secondary N) is 1. The van der Waals surface area contributed by atoms with E-state index in [0.29, 0.717) is 12.0 Å². The lowest BCUT2D eigenvalue weighted by Gasteiger charge is -2.34. The standard InChI is InChI=1S/C27H37N5O.HI/c1-30(2)26(33)19-28-27(32-18-13-24(21-32)23-11-7-4-8-12-23)29-25-14-16-31(17-15-25)20-22-9-5-3-6-10-22;/h3-12,24-25H,13-21H2,1-2H3,(H,28,29);1H.